The molecule has 1 heterocycles. The lowest BCUT2D eigenvalue weighted by atomic mass is 9.71. The average Bonchev–Trinajstić information content (AvgIpc) is 2.53. The van der Waals surface area contributed by atoms with Crippen LogP contribution < -0.4 is 5.73 Å². The number of hydrogen-bond acceptors (Lipinski definition) is 5. The Morgan fingerprint density at radius 3 is 2.56 bits per heavy atom. The van der Waals surface area contributed by atoms with Crippen LogP contribution in [0.25, 0.3) is 0 Å². The quantitative estimate of drug-likeness (QED) is 0.690. The third-order valence-electron chi connectivity index (χ3n) is 3.71. The van der Waals surface area contributed by atoms with Gasteiger partial charge in [-0.05, 0) is 19.8 Å². The minimum atomic E-state index is -3.05. The van der Waals surface area contributed by atoms with Crippen molar-refractivity contribution in [2.45, 2.75) is 25.4 Å². The maximum absolute atomic E-state index is 11.5. The van der Waals surface area contributed by atoms with E-state index >= 15 is 0 Å². The molecular formula is C10H21NO4S. The molecular weight excluding hydrogens is 230 g/mol. The van der Waals surface area contributed by atoms with Gasteiger partial charge in [-0.25, -0.2) is 8.42 Å². The second-order valence-corrected chi connectivity index (χ2v) is 7.03. The minimum absolute atomic E-state index is 0.0206. The maximum Gasteiger partial charge on any atom is 0.151 e. The molecule has 0 aromatic carbocycles. The van der Waals surface area contributed by atoms with Crippen molar-refractivity contribution in [2.24, 2.45) is 11.1 Å². The lowest BCUT2D eigenvalue weighted by molar-refractivity contribution is -0.0707. The van der Waals surface area contributed by atoms with Crippen LogP contribution in [-0.4, -0.2) is 50.9 Å². The second kappa shape index (κ2) is 4.60. The first-order valence-corrected chi connectivity index (χ1v) is 7.23. The van der Waals surface area contributed by atoms with Crippen LogP contribution in [0.3, 0.4) is 0 Å². The van der Waals surface area contributed by atoms with Crippen molar-refractivity contribution in [3.63, 3.8) is 0 Å². The van der Waals surface area contributed by atoms with Crippen LogP contribution in [0.2, 0.25) is 0 Å². The summed E-state index contributed by atoms with van der Waals surface area (Å²) in [5, 5.41) is 10.4. The van der Waals surface area contributed by atoms with E-state index in [1.54, 1.807) is 14.0 Å². The fraction of sp³-hybridized carbons (Fsp3) is 1.00. The molecule has 0 saturated carbocycles. The van der Waals surface area contributed by atoms with Gasteiger partial charge in [0.25, 0.3) is 0 Å². The van der Waals surface area contributed by atoms with Gasteiger partial charge in [-0.15, -0.1) is 0 Å². The highest BCUT2D eigenvalue weighted by Gasteiger charge is 2.52. The molecule has 0 radical (unpaired) electrons. The summed E-state index contributed by atoms with van der Waals surface area (Å²) in [6.45, 7) is 2.23. The summed E-state index contributed by atoms with van der Waals surface area (Å²) >= 11 is 0. The van der Waals surface area contributed by atoms with E-state index in [4.69, 9.17) is 10.5 Å². The SMILES string of the molecule is COCCC(C)(O)C1(CN)CCS(=O)(=O)C1. The number of hydrogen-bond donors (Lipinski definition) is 2. The normalized spacial score (nSPS) is 32.5. The number of methoxy groups -OCH3 is 1. The van der Waals surface area contributed by atoms with E-state index in [-0.39, 0.29) is 18.1 Å². The fourth-order valence-corrected chi connectivity index (χ4v) is 4.55. The summed E-state index contributed by atoms with van der Waals surface area (Å²) in [5.41, 5.74) is 3.87. The summed E-state index contributed by atoms with van der Waals surface area (Å²) < 4.78 is 28.0. The van der Waals surface area contributed by atoms with Crippen molar-refractivity contribution in [3.05, 3.63) is 0 Å². The van der Waals surface area contributed by atoms with Crippen LogP contribution >= 0.6 is 0 Å². The first kappa shape index (κ1) is 13.9. The standard InChI is InChI=1S/C10H21NO4S/c1-9(12,3-5-15-2)10(7-11)4-6-16(13,14)8-10/h12H,3-8,11H2,1-2H3. The van der Waals surface area contributed by atoms with Crippen molar-refractivity contribution >= 4 is 9.84 Å². The molecule has 1 rings (SSSR count). The zero-order valence-electron chi connectivity index (χ0n) is 9.90. The third kappa shape index (κ3) is 2.56. The van der Waals surface area contributed by atoms with Crippen molar-refractivity contribution in [2.75, 3.05) is 31.8 Å². The molecule has 5 nitrogen and oxygen atoms in total. The van der Waals surface area contributed by atoms with Gasteiger partial charge in [-0.1, -0.05) is 0 Å². The van der Waals surface area contributed by atoms with E-state index < -0.39 is 20.9 Å². The molecule has 3 N–H and O–H groups in total. The van der Waals surface area contributed by atoms with Crippen LogP contribution in [0.4, 0.5) is 0 Å². The Morgan fingerprint density at radius 2 is 2.19 bits per heavy atom. The Labute approximate surface area is 96.9 Å². The molecule has 0 aromatic rings. The maximum atomic E-state index is 11.5. The average molecular weight is 251 g/mol. The number of aliphatic hydroxyl groups is 1. The van der Waals surface area contributed by atoms with Crippen molar-refractivity contribution in [1.29, 1.82) is 0 Å². The molecule has 0 bridgehead atoms. The Kier molecular flexibility index (Phi) is 3.99. The molecule has 1 aliphatic rings. The summed E-state index contributed by atoms with van der Waals surface area (Å²) in [7, 11) is -1.50. The summed E-state index contributed by atoms with van der Waals surface area (Å²) in [6.07, 6.45) is 0.832. The molecule has 16 heavy (non-hydrogen) atoms. The van der Waals surface area contributed by atoms with Crippen LogP contribution in [-0.2, 0) is 14.6 Å². The Bertz CT molecular complexity index is 339. The highest BCUT2D eigenvalue weighted by Crippen LogP contribution is 2.42. The topological polar surface area (TPSA) is 89.6 Å². The van der Waals surface area contributed by atoms with Gasteiger partial charge >= 0.3 is 0 Å². The number of rotatable bonds is 5. The van der Waals surface area contributed by atoms with Gasteiger partial charge < -0.3 is 15.6 Å². The fourth-order valence-electron chi connectivity index (χ4n) is 2.29. The highest BCUT2D eigenvalue weighted by molar-refractivity contribution is 7.91. The zero-order chi connectivity index (χ0) is 12.4. The van der Waals surface area contributed by atoms with Crippen LogP contribution in [0, 0.1) is 5.41 Å². The molecule has 0 amide bonds. The van der Waals surface area contributed by atoms with Gasteiger partial charge in [0.2, 0.25) is 0 Å². The summed E-state index contributed by atoms with van der Waals surface area (Å²) in [6, 6.07) is 0. The van der Waals surface area contributed by atoms with E-state index in [0.717, 1.165) is 0 Å². The Balaban J connectivity index is 2.89. The van der Waals surface area contributed by atoms with Gasteiger partial charge in [0, 0.05) is 25.7 Å². The van der Waals surface area contributed by atoms with Crippen molar-refractivity contribution in [3.8, 4) is 0 Å². The molecule has 2 unspecified atom stereocenters. The molecule has 96 valence electrons. The molecule has 0 aliphatic carbocycles. The number of sulfone groups is 1. The van der Waals surface area contributed by atoms with Crippen LogP contribution in [0.5, 0.6) is 0 Å². The van der Waals surface area contributed by atoms with Crippen molar-refractivity contribution < 1.29 is 18.3 Å². The van der Waals surface area contributed by atoms with Gasteiger partial charge in [0.1, 0.15) is 0 Å². The van der Waals surface area contributed by atoms with E-state index in [1.165, 1.54) is 0 Å². The van der Waals surface area contributed by atoms with Gasteiger partial charge in [-0.2, -0.15) is 0 Å². The number of nitrogens with two attached hydrogens (primary N) is 1. The molecule has 2 atom stereocenters. The molecule has 0 aromatic heterocycles. The van der Waals surface area contributed by atoms with E-state index in [1.807, 2.05) is 0 Å². The second-order valence-electron chi connectivity index (χ2n) is 4.84. The van der Waals surface area contributed by atoms with Crippen molar-refractivity contribution in [1.82, 2.24) is 0 Å². The minimum Gasteiger partial charge on any atom is -0.389 e. The first-order chi connectivity index (χ1) is 7.29. The lowest BCUT2D eigenvalue weighted by Gasteiger charge is -2.41. The van der Waals surface area contributed by atoms with Crippen LogP contribution in [0.15, 0.2) is 0 Å². The highest BCUT2D eigenvalue weighted by atomic mass is 32.2. The van der Waals surface area contributed by atoms with E-state index in [0.29, 0.717) is 19.4 Å². The first-order valence-electron chi connectivity index (χ1n) is 5.40. The molecule has 1 saturated heterocycles. The van der Waals surface area contributed by atoms with E-state index in [2.05, 4.69) is 0 Å². The summed E-state index contributed by atoms with van der Waals surface area (Å²) in [4.78, 5) is 0. The largest absolute Gasteiger partial charge is 0.389 e. The molecule has 1 aliphatic heterocycles. The molecule has 1 fully saturated rings. The predicted octanol–water partition coefficient (Wildman–Crippen LogP) is -0.462. The van der Waals surface area contributed by atoms with Gasteiger partial charge in [-0.3, -0.25) is 0 Å². The van der Waals surface area contributed by atoms with Gasteiger partial charge in [0.15, 0.2) is 9.84 Å². The Morgan fingerprint density at radius 1 is 1.56 bits per heavy atom. The third-order valence-corrected chi connectivity index (χ3v) is 5.53. The molecule has 6 heteroatoms. The summed E-state index contributed by atoms with van der Waals surface area (Å²) in [5.74, 6) is 0.0978. The predicted molar refractivity (Wildman–Crippen MR) is 61.9 cm³/mol. The Hall–Kier alpha value is -0.170. The van der Waals surface area contributed by atoms with E-state index in [9.17, 15) is 13.5 Å². The molecule has 0 spiro atoms. The van der Waals surface area contributed by atoms with Crippen LogP contribution in [0.1, 0.15) is 19.8 Å². The number of ether oxygens (including phenoxy) is 1. The monoisotopic (exact) mass is 251 g/mol. The zero-order valence-corrected chi connectivity index (χ0v) is 10.7. The van der Waals surface area contributed by atoms with Gasteiger partial charge in [0.05, 0.1) is 17.1 Å². The smallest absolute Gasteiger partial charge is 0.151 e. The lowest BCUT2D eigenvalue weighted by Crippen LogP contribution is -2.52.